The third kappa shape index (κ3) is 0.934. The van der Waals surface area contributed by atoms with Crippen molar-refractivity contribution in [2.45, 2.75) is 25.2 Å². The zero-order valence-corrected chi connectivity index (χ0v) is 6.46. The van der Waals surface area contributed by atoms with E-state index in [9.17, 15) is 13.6 Å². The predicted octanol–water partition coefficient (Wildman–Crippen LogP) is 1.75. The van der Waals surface area contributed by atoms with Gasteiger partial charge >= 0.3 is 5.97 Å². The molecule has 0 bridgehead atoms. The highest BCUT2D eigenvalue weighted by atomic mass is 19.3. The molecule has 2 aliphatic carbocycles. The summed E-state index contributed by atoms with van der Waals surface area (Å²) in [6, 6.07) is 0. The highest BCUT2D eigenvalue weighted by molar-refractivity contribution is 5.70. The van der Waals surface area contributed by atoms with E-state index in [1.807, 2.05) is 0 Å². The summed E-state index contributed by atoms with van der Waals surface area (Å²) in [6.45, 7) is 0. The Hall–Kier alpha value is -0.670. The average Bonchev–Trinajstić information content (AvgIpc) is 2.55. The van der Waals surface area contributed by atoms with Crippen LogP contribution in [0.5, 0.6) is 0 Å². The molecule has 2 rings (SSSR count). The van der Waals surface area contributed by atoms with Crippen molar-refractivity contribution < 1.29 is 18.7 Å². The van der Waals surface area contributed by atoms with Gasteiger partial charge in [-0.05, 0) is 19.3 Å². The summed E-state index contributed by atoms with van der Waals surface area (Å²) in [5, 5.41) is 8.60. The molecule has 0 aromatic heterocycles. The lowest BCUT2D eigenvalue weighted by Gasteiger charge is -2.14. The number of fused-ring (bicyclic) bond motifs is 1. The van der Waals surface area contributed by atoms with Crippen LogP contribution >= 0.6 is 0 Å². The van der Waals surface area contributed by atoms with Gasteiger partial charge in [0.05, 0.1) is 5.92 Å². The maximum absolute atomic E-state index is 12.7. The van der Waals surface area contributed by atoms with Crippen molar-refractivity contribution in [3.05, 3.63) is 0 Å². The topological polar surface area (TPSA) is 37.3 Å². The van der Waals surface area contributed by atoms with Gasteiger partial charge in [0.25, 0.3) is 5.92 Å². The van der Waals surface area contributed by atoms with Crippen molar-refractivity contribution >= 4 is 5.97 Å². The molecular weight excluding hydrogens is 166 g/mol. The van der Waals surface area contributed by atoms with Gasteiger partial charge in [0, 0.05) is 11.8 Å². The van der Waals surface area contributed by atoms with Crippen LogP contribution in [0.4, 0.5) is 8.78 Å². The molecule has 4 heteroatoms. The number of carboxylic acid groups (broad SMARTS) is 1. The van der Waals surface area contributed by atoms with Gasteiger partial charge in [0.1, 0.15) is 0 Å². The molecule has 3 atom stereocenters. The van der Waals surface area contributed by atoms with Crippen molar-refractivity contribution in [1.82, 2.24) is 0 Å². The van der Waals surface area contributed by atoms with Crippen molar-refractivity contribution in [3.8, 4) is 0 Å². The lowest BCUT2D eigenvalue weighted by atomic mass is 9.89. The second kappa shape index (κ2) is 2.18. The predicted molar refractivity (Wildman–Crippen MR) is 36.9 cm³/mol. The van der Waals surface area contributed by atoms with E-state index in [4.69, 9.17) is 5.11 Å². The molecule has 12 heavy (non-hydrogen) atoms. The quantitative estimate of drug-likeness (QED) is 0.660. The molecule has 0 spiro atoms. The molecule has 0 aromatic carbocycles. The normalized spacial score (nSPS) is 43.3. The van der Waals surface area contributed by atoms with Crippen LogP contribution < -0.4 is 0 Å². The summed E-state index contributed by atoms with van der Waals surface area (Å²) in [5.74, 6) is -5.14. The maximum Gasteiger partial charge on any atom is 0.306 e. The summed E-state index contributed by atoms with van der Waals surface area (Å²) in [7, 11) is 0. The van der Waals surface area contributed by atoms with Gasteiger partial charge in [-0.1, -0.05) is 0 Å². The fourth-order valence-corrected chi connectivity index (χ4v) is 2.21. The van der Waals surface area contributed by atoms with E-state index in [-0.39, 0.29) is 6.42 Å². The number of halogens is 2. The standard InChI is InChI=1S/C8H10F2O2/c9-8(10)5-2-1-4(7(11)12)3-6(5)8/h4-6H,1-3H2,(H,11,12)/t4-,5-,6-/m1/s1. The Balaban J connectivity index is 2.01. The molecule has 0 aromatic rings. The summed E-state index contributed by atoms with van der Waals surface area (Å²) in [4.78, 5) is 10.5. The third-order valence-corrected chi connectivity index (χ3v) is 3.08. The zero-order chi connectivity index (χ0) is 8.93. The van der Waals surface area contributed by atoms with Gasteiger partial charge in [0.15, 0.2) is 0 Å². The van der Waals surface area contributed by atoms with Crippen molar-refractivity contribution in [2.75, 3.05) is 0 Å². The SMILES string of the molecule is O=C(O)[C@@H]1CC[C@@H]2[C@@H](C1)C2(F)F. The van der Waals surface area contributed by atoms with Gasteiger partial charge in [-0.3, -0.25) is 4.79 Å². The zero-order valence-electron chi connectivity index (χ0n) is 6.46. The van der Waals surface area contributed by atoms with Crippen LogP contribution in [0.3, 0.4) is 0 Å². The number of rotatable bonds is 1. The van der Waals surface area contributed by atoms with Crippen molar-refractivity contribution in [3.63, 3.8) is 0 Å². The van der Waals surface area contributed by atoms with Crippen molar-refractivity contribution in [2.24, 2.45) is 17.8 Å². The molecule has 0 heterocycles. The highest BCUT2D eigenvalue weighted by Gasteiger charge is 2.69. The molecule has 0 saturated heterocycles. The van der Waals surface area contributed by atoms with E-state index in [1.54, 1.807) is 0 Å². The number of hydrogen-bond donors (Lipinski definition) is 1. The summed E-state index contributed by atoms with van der Waals surface area (Å²) >= 11 is 0. The molecule has 2 saturated carbocycles. The first-order chi connectivity index (χ1) is 5.53. The Morgan fingerprint density at radius 1 is 1.33 bits per heavy atom. The molecule has 0 radical (unpaired) electrons. The van der Waals surface area contributed by atoms with Crippen LogP contribution in [0.2, 0.25) is 0 Å². The third-order valence-electron chi connectivity index (χ3n) is 3.08. The Morgan fingerprint density at radius 2 is 2.00 bits per heavy atom. The number of alkyl halides is 2. The largest absolute Gasteiger partial charge is 0.481 e. The molecule has 0 amide bonds. The molecule has 68 valence electrons. The van der Waals surface area contributed by atoms with Gasteiger partial charge in [0.2, 0.25) is 0 Å². The first kappa shape index (κ1) is 7.95. The second-order valence-corrected chi connectivity index (χ2v) is 3.74. The monoisotopic (exact) mass is 176 g/mol. The van der Waals surface area contributed by atoms with Gasteiger partial charge in [-0.2, -0.15) is 0 Å². The van der Waals surface area contributed by atoms with Crippen LogP contribution in [0.1, 0.15) is 19.3 Å². The van der Waals surface area contributed by atoms with E-state index in [0.29, 0.717) is 12.8 Å². The van der Waals surface area contributed by atoms with E-state index in [2.05, 4.69) is 0 Å². The van der Waals surface area contributed by atoms with Gasteiger partial charge in [-0.15, -0.1) is 0 Å². The molecule has 2 fully saturated rings. The minimum Gasteiger partial charge on any atom is -0.481 e. The summed E-state index contributed by atoms with van der Waals surface area (Å²) in [6.07, 6.45) is 0.980. The molecular formula is C8H10F2O2. The maximum atomic E-state index is 12.7. The van der Waals surface area contributed by atoms with Crippen LogP contribution in [0, 0.1) is 17.8 Å². The molecule has 0 unspecified atom stereocenters. The number of carbonyl (C=O) groups is 1. The Labute approximate surface area is 68.6 Å². The Kier molecular flexibility index (Phi) is 1.44. The number of hydrogen-bond acceptors (Lipinski definition) is 1. The molecule has 2 aliphatic rings. The van der Waals surface area contributed by atoms with Crippen molar-refractivity contribution in [1.29, 1.82) is 0 Å². The fourth-order valence-electron chi connectivity index (χ4n) is 2.21. The summed E-state index contributed by atoms with van der Waals surface area (Å²) in [5.41, 5.74) is 0. The number of aliphatic carboxylic acids is 1. The average molecular weight is 176 g/mol. The second-order valence-electron chi connectivity index (χ2n) is 3.74. The lowest BCUT2D eigenvalue weighted by molar-refractivity contribution is -0.142. The van der Waals surface area contributed by atoms with Gasteiger partial charge in [-0.25, -0.2) is 8.78 Å². The van der Waals surface area contributed by atoms with E-state index in [1.165, 1.54) is 0 Å². The van der Waals surface area contributed by atoms with Crippen LogP contribution in [0.25, 0.3) is 0 Å². The van der Waals surface area contributed by atoms with Crippen LogP contribution in [0.15, 0.2) is 0 Å². The molecule has 2 nitrogen and oxygen atoms in total. The van der Waals surface area contributed by atoms with Gasteiger partial charge < -0.3 is 5.11 Å². The van der Waals surface area contributed by atoms with E-state index >= 15 is 0 Å². The minimum absolute atomic E-state index is 0.174. The fraction of sp³-hybridized carbons (Fsp3) is 0.875. The first-order valence-electron chi connectivity index (χ1n) is 4.14. The Bertz CT molecular complexity index is 227. The molecule has 0 aliphatic heterocycles. The first-order valence-corrected chi connectivity index (χ1v) is 4.14. The van der Waals surface area contributed by atoms with E-state index < -0.39 is 29.6 Å². The van der Waals surface area contributed by atoms with E-state index in [0.717, 1.165) is 0 Å². The van der Waals surface area contributed by atoms with Crippen LogP contribution in [-0.2, 0) is 4.79 Å². The minimum atomic E-state index is -2.55. The van der Waals surface area contributed by atoms with Crippen LogP contribution in [-0.4, -0.2) is 17.0 Å². The Morgan fingerprint density at radius 3 is 2.50 bits per heavy atom. The molecule has 1 N–H and O–H groups in total. The highest BCUT2D eigenvalue weighted by Crippen LogP contribution is 2.63. The lowest BCUT2D eigenvalue weighted by Crippen LogP contribution is -2.18. The smallest absolute Gasteiger partial charge is 0.306 e. The number of carboxylic acids is 1. The summed E-state index contributed by atoms with van der Waals surface area (Å²) < 4.78 is 25.5.